The molecule has 0 aromatic heterocycles. The highest BCUT2D eigenvalue weighted by Gasteiger charge is 2.32. The summed E-state index contributed by atoms with van der Waals surface area (Å²) in [5, 5.41) is 3.02. The molecule has 0 saturated carbocycles. The zero-order chi connectivity index (χ0) is 14.0. The Balaban J connectivity index is 2.05. The maximum absolute atomic E-state index is 12.0. The minimum atomic E-state index is -0.0497. The van der Waals surface area contributed by atoms with Crippen molar-refractivity contribution >= 4 is 22.0 Å². The average molecular weight is 326 g/mol. The lowest BCUT2D eigenvalue weighted by atomic mass is 9.93. The Morgan fingerprint density at radius 3 is 2.63 bits per heavy atom. The van der Waals surface area contributed by atoms with Crippen molar-refractivity contribution in [2.24, 2.45) is 11.1 Å². The number of hydrogen-bond acceptors (Lipinski definition) is 2. The molecule has 4 nitrogen and oxygen atoms in total. The van der Waals surface area contributed by atoms with Crippen LogP contribution in [0, 0.1) is 5.41 Å². The summed E-state index contributed by atoms with van der Waals surface area (Å²) in [6, 6.07) is 8.12. The number of nitrogens with two attached hydrogens (primary N) is 1. The van der Waals surface area contributed by atoms with Crippen LogP contribution in [0.3, 0.4) is 0 Å². The molecule has 1 fully saturated rings. The molecule has 1 saturated heterocycles. The van der Waals surface area contributed by atoms with Crippen molar-refractivity contribution in [3.05, 3.63) is 34.3 Å². The molecule has 1 aliphatic rings. The Hall–Kier alpha value is -1.07. The van der Waals surface area contributed by atoms with Gasteiger partial charge < -0.3 is 16.0 Å². The number of carbonyl (C=O) groups excluding carboxylic acids is 1. The molecule has 2 rings (SSSR count). The standard InChI is InChI=1S/C14H20BrN3O/c1-14(2,8-16)9-18-7-12(17-13(18)19)10-3-5-11(15)6-4-10/h3-6,12H,7-9,16H2,1-2H3,(H,17,19). The van der Waals surface area contributed by atoms with Gasteiger partial charge in [0.2, 0.25) is 0 Å². The number of urea groups is 1. The van der Waals surface area contributed by atoms with E-state index < -0.39 is 0 Å². The van der Waals surface area contributed by atoms with Crippen LogP contribution in [-0.2, 0) is 0 Å². The minimum Gasteiger partial charge on any atom is -0.330 e. The minimum absolute atomic E-state index is 0.00514. The highest BCUT2D eigenvalue weighted by Crippen LogP contribution is 2.25. The molecule has 3 N–H and O–H groups in total. The van der Waals surface area contributed by atoms with Gasteiger partial charge in [0.1, 0.15) is 0 Å². The maximum atomic E-state index is 12.0. The zero-order valence-corrected chi connectivity index (χ0v) is 12.9. The van der Waals surface area contributed by atoms with E-state index in [0.717, 1.165) is 10.0 Å². The number of halogens is 1. The average Bonchev–Trinajstić information content (AvgIpc) is 2.71. The van der Waals surface area contributed by atoms with Gasteiger partial charge in [-0.1, -0.05) is 41.9 Å². The summed E-state index contributed by atoms with van der Waals surface area (Å²) in [4.78, 5) is 13.8. The molecule has 0 spiro atoms. The summed E-state index contributed by atoms with van der Waals surface area (Å²) in [5.74, 6) is 0. The Morgan fingerprint density at radius 2 is 2.05 bits per heavy atom. The monoisotopic (exact) mass is 325 g/mol. The number of nitrogens with one attached hydrogen (secondary N) is 1. The number of rotatable bonds is 4. The van der Waals surface area contributed by atoms with Gasteiger partial charge in [0, 0.05) is 17.6 Å². The molecule has 1 atom stereocenters. The first-order valence-electron chi connectivity index (χ1n) is 6.42. The lowest BCUT2D eigenvalue weighted by Crippen LogP contribution is -2.40. The molecule has 0 radical (unpaired) electrons. The first kappa shape index (κ1) is 14.3. The molecule has 1 aromatic carbocycles. The van der Waals surface area contributed by atoms with Crippen molar-refractivity contribution in [3.8, 4) is 0 Å². The van der Waals surface area contributed by atoms with Gasteiger partial charge in [-0.3, -0.25) is 0 Å². The largest absolute Gasteiger partial charge is 0.330 e. The van der Waals surface area contributed by atoms with E-state index in [-0.39, 0.29) is 17.5 Å². The molecule has 1 heterocycles. The highest BCUT2D eigenvalue weighted by molar-refractivity contribution is 9.10. The summed E-state index contributed by atoms with van der Waals surface area (Å²) in [7, 11) is 0. The lowest BCUT2D eigenvalue weighted by Gasteiger charge is -2.28. The topological polar surface area (TPSA) is 58.4 Å². The third-order valence-electron chi connectivity index (χ3n) is 3.43. The summed E-state index contributed by atoms with van der Waals surface area (Å²) in [6.45, 7) is 6.10. The molecule has 1 aliphatic heterocycles. The van der Waals surface area contributed by atoms with Gasteiger partial charge in [0.15, 0.2) is 0 Å². The second kappa shape index (κ2) is 5.51. The summed E-state index contributed by atoms with van der Waals surface area (Å²) < 4.78 is 1.04. The van der Waals surface area contributed by atoms with Gasteiger partial charge in [-0.15, -0.1) is 0 Å². The molecule has 19 heavy (non-hydrogen) atoms. The van der Waals surface area contributed by atoms with Crippen molar-refractivity contribution in [1.82, 2.24) is 10.2 Å². The molecule has 1 aromatic rings. The van der Waals surface area contributed by atoms with E-state index in [4.69, 9.17) is 5.73 Å². The van der Waals surface area contributed by atoms with Crippen molar-refractivity contribution in [3.63, 3.8) is 0 Å². The van der Waals surface area contributed by atoms with Crippen LogP contribution in [0.4, 0.5) is 4.79 Å². The van der Waals surface area contributed by atoms with Gasteiger partial charge in [0.25, 0.3) is 0 Å². The van der Waals surface area contributed by atoms with E-state index in [1.54, 1.807) is 0 Å². The number of nitrogens with zero attached hydrogens (tertiary/aromatic N) is 1. The second-order valence-electron chi connectivity index (χ2n) is 5.80. The molecule has 1 unspecified atom stereocenters. The molecule has 104 valence electrons. The van der Waals surface area contributed by atoms with Gasteiger partial charge in [-0.2, -0.15) is 0 Å². The van der Waals surface area contributed by atoms with Crippen LogP contribution in [0.25, 0.3) is 0 Å². The smallest absolute Gasteiger partial charge is 0.318 e. The predicted molar refractivity (Wildman–Crippen MR) is 79.8 cm³/mol. The number of hydrogen-bond donors (Lipinski definition) is 2. The zero-order valence-electron chi connectivity index (χ0n) is 11.3. The second-order valence-corrected chi connectivity index (χ2v) is 6.72. The van der Waals surface area contributed by atoms with Crippen molar-refractivity contribution < 1.29 is 4.79 Å². The Bertz CT molecular complexity index is 458. The van der Waals surface area contributed by atoms with Crippen molar-refractivity contribution in [2.45, 2.75) is 19.9 Å². The summed E-state index contributed by atoms with van der Waals surface area (Å²) in [6.07, 6.45) is 0. The van der Waals surface area contributed by atoms with E-state index in [1.165, 1.54) is 0 Å². The lowest BCUT2D eigenvalue weighted by molar-refractivity contribution is 0.191. The van der Waals surface area contributed by atoms with Gasteiger partial charge in [-0.05, 0) is 29.7 Å². The van der Waals surface area contributed by atoms with Gasteiger partial charge in [-0.25, -0.2) is 4.79 Å². The first-order valence-corrected chi connectivity index (χ1v) is 7.21. The number of benzene rings is 1. The van der Waals surface area contributed by atoms with E-state index in [9.17, 15) is 4.79 Å². The fourth-order valence-corrected chi connectivity index (χ4v) is 2.46. The quantitative estimate of drug-likeness (QED) is 0.893. The third kappa shape index (κ3) is 3.48. The molecular formula is C14H20BrN3O. The van der Waals surface area contributed by atoms with Crippen molar-refractivity contribution in [2.75, 3.05) is 19.6 Å². The Labute approximate surface area is 122 Å². The summed E-state index contributed by atoms with van der Waals surface area (Å²) in [5.41, 5.74) is 6.81. The molecule has 5 heteroatoms. The molecule has 0 aliphatic carbocycles. The van der Waals surface area contributed by atoms with E-state index in [2.05, 4.69) is 35.1 Å². The SMILES string of the molecule is CC(C)(CN)CN1CC(c2ccc(Br)cc2)NC1=O. The highest BCUT2D eigenvalue weighted by atomic mass is 79.9. The summed E-state index contributed by atoms with van der Waals surface area (Å²) >= 11 is 3.42. The number of carbonyl (C=O) groups is 1. The molecule has 2 amide bonds. The Kier molecular flexibility index (Phi) is 4.16. The van der Waals surface area contributed by atoms with Crippen molar-refractivity contribution in [1.29, 1.82) is 0 Å². The maximum Gasteiger partial charge on any atom is 0.318 e. The van der Waals surface area contributed by atoms with Crippen LogP contribution in [0.5, 0.6) is 0 Å². The molecular weight excluding hydrogens is 306 g/mol. The predicted octanol–water partition coefficient (Wildman–Crippen LogP) is 2.50. The first-order chi connectivity index (χ1) is 8.91. The van der Waals surface area contributed by atoms with E-state index in [1.807, 2.05) is 29.2 Å². The van der Waals surface area contributed by atoms with Gasteiger partial charge >= 0.3 is 6.03 Å². The normalized spacial score (nSPS) is 19.7. The van der Waals surface area contributed by atoms with Crippen LogP contribution < -0.4 is 11.1 Å². The van der Waals surface area contributed by atoms with Crippen LogP contribution in [0.1, 0.15) is 25.5 Å². The van der Waals surface area contributed by atoms with E-state index >= 15 is 0 Å². The van der Waals surface area contributed by atoms with Gasteiger partial charge in [0.05, 0.1) is 6.04 Å². The third-order valence-corrected chi connectivity index (χ3v) is 3.96. The molecule has 0 bridgehead atoms. The number of amides is 2. The van der Waals surface area contributed by atoms with Crippen LogP contribution in [0.2, 0.25) is 0 Å². The van der Waals surface area contributed by atoms with Crippen LogP contribution in [0.15, 0.2) is 28.7 Å². The van der Waals surface area contributed by atoms with Crippen LogP contribution >= 0.6 is 15.9 Å². The van der Waals surface area contributed by atoms with Crippen LogP contribution in [-0.4, -0.2) is 30.6 Å². The van der Waals surface area contributed by atoms with E-state index in [0.29, 0.717) is 19.6 Å². The fraction of sp³-hybridized carbons (Fsp3) is 0.500. The fourth-order valence-electron chi connectivity index (χ4n) is 2.19. The Morgan fingerprint density at radius 1 is 1.42 bits per heavy atom.